The minimum Gasteiger partial charge on any atom is -0.392 e. The normalized spacial score (nSPS) is 40.1. The maximum atomic E-state index is 10.3. The topological polar surface area (TPSA) is 23.5 Å². The molecule has 1 saturated heterocycles. The van der Waals surface area contributed by atoms with E-state index >= 15 is 0 Å². The Balaban J connectivity index is 1.86. The molecule has 0 aromatic carbocycles. The monoisotopic (exact) mass is 225 g/mol. The van der Waals surface area contributed by atoms with Crippen LogP contribution in [0.15, 0.2) is 0 Å². The lowest BCUT2D eigenvalue weighted by molar-refractivity contribution is 0.0272. The summed E-state index contributed by atoms with van der Waals surface area (Å²) in [4.78, 5) is 2.57. The third-order valence-corrected chi connectivity index (χ3v) is 4.64. The quantitative estimate of drug-likeness (QED) is 0.780. The van der Waals surface area contributed by atoms with Crippen molar-refractivity contribution in [2.75, 3.05) is 19.6 Å². The molecular formula is C14H27NO. The van der Waals surface area contributed by atoms with Crippen LogP contribution in [0.5, 0.6) is 0 Å². The standard InChI is InChI=1S/C14H27NO/c1-11-5-4-8-15(9-11)10-12-6-7-14(2,3)13(12)16/h11-13,16H,4-10H2,1-3H3. The Morgan fingerprint density at radius 2 is 2.06 bits per heavy atom. The number of piperidine rings is 1. The van der Waals surface area contributed by atoms with Crippen molar-refractivity contribution in [1.29, 1.82) is 0 Å². The van der Waals surface area contributed by atoms with Crippen LogP contribution in [0.3, 0.4) is 0 Å². The third-order valence-electron chi connectivity index (χ3n) is 4.64. The molecule has 1 N–H and O–H groups in total. The number of aliphatic hydroxyl groups excluding tert-OH is 1. The number of aliphatic hydroxyl groups is 1. The van der Waals surface area contributed by atoms with Gasteiger partial charge in [0.1, 0.15) is 0 Å². The highest BCUT2D eigenvalue weighted by Gasteiger charge is 2.41. The molecule has 0 aromatic rings. The summed E-state index contributed by atoms with van der Waals surface area (Å²) in [6.45, 7) is 10.4. The summed E-state index contributed by atoms with van der Waals surface area (Å²) in [5, 5.41) is 10.3. The van der Waals surface area contributed by atoms with Crippen LogP contribution in [0.25, 0.3) is 0 Å². The van der Waals surface area contributed by atoms with Gasteiger partial charge in [-0.05, 0) is 49.5 Å². The lowest BCUT2D eigenvalue weighted by Gasteiger charge is -2.34. The molecule has 2 nitrogen and oxygen atoms in total. The Labute approximate surface area is 100 Å². The largest absolute Gasteiger partial charge is 0.392 e. The Morgan fingerprint density at radius 3 is 2.62 bits per heavy atom. The fourth-order valence-electron chi connectivity index (χ4n) is 3.48. The van der Waals surface area contributed by atoms with Gasteiger partial charge >= 0.3 is 0 Å². The van der Waals surface area contributed by atoms with Crippen molar-refractivity contribution >= 4 is 0 Å². The number of rotatable bonds is 2. The van der Waals surface area contributed by atoms with Gasteiger partial charge in [-0.15, -0.1) is 0 Å². The fourth-order valence-corrected chi connectivity index (χ4v) is 3.48. The fraction of sp³-hybridized carbons (Fsp3) is 1.00. The van der Waals surface area contributed by atoms with Crippen LogP contribution < -0.4 is 0 Å². The van der Waals surface area contributed by atoms with E-state index in [4.69, 9.17) is 0 Å². The van der Waals surface area contributed by atoms with Crippen LogP contribution in [0.1, 0.15) is 46.5 Å². The van der Waals surface area contributed by atoms with Gasteiger partial charge < -0.3 is 10.0 Å². The average Bonchev–Trinajstić information content (AvgIpc) is 2.45. The van der Waals surface area contributed by atoms with E-state index in [9.17, 15) is 5.11 Å². The Bertz CT molecular complexity index is 239. The van der Waals surface area contributed by atoms with E-state index in [0.717, 1.165) is 12.5 Å². The zero-order valence-corrected chi connectivity index (χ0v) is 11.1. The van der Waals surface area contributed by atoms with Crippen LogP contribution in [0.4, 0.5) is 0 Å². The molecule has 1 aliphatic heterocycles. The van der Waals surface area contributed by atoms with Crippen molar-refractivity contribution in [3.8, 4) is 0 Å². The maximum Gasteiger partial charge on any atom is 0.0631 e. The molecule has 2 fully saturated rings. The van der Waals surface area contributed by atoms with Crippen LogP contribution in [-0.2, 0) is 0 Å². The van der Waals surface area contributed by atoms with Crippen LogP contribution in [-0.4, -0.2) is 35.7 Å². The highest BCUT2D eigenvalue weighted by molar-refractivity contribution is 4.92. The van der Waals surface area contributed by atoms with Crippen LogP contribution in [0.2, 0.25) is 0 Å². The van der Waals surface area contributed by atoms with Gasteiger partial charge in [-0.3, -0.25) is 0 Å². The van der Waals surface area contributed by atoms with Crippen molar-refractivity contribution in [2.24, 2.45) is 17.3 Å². The van der Waals surface area contributed by atoms with E-state index in [1.807, 2.05) is 0 Å². The zero-order valence-electron chi connectivity index (χ0n) is 11.1. The summed E-state index contributed by atoms with van der Waals surface area (Å²) < 4.78 is 0. The van der Waals surface area contributed by atoms with Crippen molar-refractivity contribution in [2.45, 2.75) is 52.6 Å². The molecule has 0 amide bonds. The molecule has 1 heterocycles. The van der Waals surface area contributed by atoms with Gasteiger partial charge in [-0.1, -0.05) is 20.8 Å². The van der Waals surface area contributed by atoms with Gasteiger partial charge in [0.2, 0.25) is 0 Å². The van der Waals surface area contributed by atoms with Crippen molar-refractivity contribution < 1.29 is 5.11 Å². The first-order chi connectivity index (χ1) is 7.49. The molecule has 0 radical (unpaired) electrons. The molecule has 0 bridgehead atoms. The summed E-state index contributed by atoms with van der Waals surface area (Å²) in [6, 6.07) is 0. The smallest absolute Gasteiger partial charge is 0.0631 e. The summed E-state index contributed by atoms with van der Waals surface area (Å²) in [7, 11) is 0. The zero-order chi connectivity index (χ0) is 11.8. The second-order valence-corrected chi connectivity index (χ2v) is 6.74. The molecule has 1 saturated carbocycles. The van der Waals surface area contributed by atoms with E-state index in [2.05, 4.69) is 25.7 Å². The summed E-state index contributed by atoms with van der Waals surface area (Å²) in [5.41, 5.74) is 0.145. The van der Waals surface area contributed by atoms with E-state index in [-0.39, 0.29) is 11.5 Å². The van der Waals surface area contributed by atoms with Crippen molar-refractivity contribution in [3.63, 3.8) is 0 Å². The molecule has 2 heteroatoms. The summed E-state index contributed by atoms with van der Waals surface area (Å²) in [6.07, 6.45) is 5.02. The number of likely N-dealkylation sites (tertiary alicyclic amines) is 1. The van der Waals surface area contributed by atoms with Gasteiger partial charge in [0.25, 0.3) is 0 Å². The highest BCUT2D eigenvalue weighted by Crippen LogP contribution is 2.41. The van der Waals surface area contributed by atoms with Gasteiger partial charge in [0, 0.05) is 13.1 Å². The van der Waals surface area contributed by atoms with Crippen molar-refractivity contribution in [1.82, 2.24) is 4.90 Å². The molecule has 3 atom stereocenters. The van der Waals surface area contributed by atoms with Crippen LogP contribution >= 0.6 is 0 Å². The second-order valence-electron chi connectivity index (χ2n) is 6.74. The van der Waals surface area contributed by atoms with Gasteiger partial charge in [0.05, 0.1) is 6.10 Å². The molecular weight excluding hydrogens is 198 g/mol. The molecule has 16 heavy (non-hydrogen) atoms. The average molecular weight is 225 g/mol. The minimum atomic E-state index is -0.0928. The predicted octanol–water partition coefficient (Wildman–Crippen LogP) is 2.52. The van der Waals surface area contributed by atoms with Crippen molar-refractivity contribution in [3.05, 3.63) is 0 Å². The maximum absolute atomic E-state index is 10.3. The summed E-state index contributed by atoms with van der Waals surface area (Å²) >= 11 is 0. The third kappa shape index (κ3) is 2.60. The number of hydrogen-bond donors (Lipinski definition) is 1. The van der Waals surface area contributed by atoms with E-state index in [1.165, 1.54) is 38.8 Å². The number of nitrogens with zero attached hydrogens (tertiary/aromatic N) is 1. The lowest BCUT2D eigenvalue weighted by atomic mass is 9.87. The van der Waals surface area contributed by atoms with E-state index in [1.54, 1.807) is 0 Å². The Morgan fingerprint density at radius 1 is 1.31 bits per heavy atom. The molecule has 1 aliphatic carbocycles. The Kier molecular flexibility index (Phi) is 3.60. The van der Waals surface area contributed by atoms with Gasteiger partial charge in [-0.25, -0.2) is 0 Å². The SMILES string of the molecule is CC1CCCN(CC2CCC(C)(C)C2O)C1. The van der Waals surface area contributed by atoms with Gasteiger partial charge in [-0.2, -0.15) is 0 Å². The summed E-state index contributed by atoms with van der Waals surface area (Å²) in [5.74, 6) is 1.36. The lowest BCUT2D eigenvalue weighted by Crippen LogP contribution is -2.41. The minimum absolute atomic E-state index is 0.0928. The van der Waals surface area contributed by atoms with Gasteiger partial charge in [0.15, 0.2) is 0 Å². The Hall–Kier alpha value is -0.0800. The second kappa shape index (κ2) is 4.66. The molecule has 2 rings (SSSR count). The van der Waals surface area contributed by atoms with E-state index in [0.29, 0.717) is 5.92 Å². The first-order valence-corrected chi connectivity index (χ1v) is 6.89. The molecule has 0 aromatic heterocycles. The highest BCUT2D eigenvalue weighted by atomic mass is 16.3. The molecule has 2 aliphatic rings. The first kappa shape index (κ1) is 12.4. The molecule has 0 spiro atoms. The van der Waals surface area contributed by atoms with Crippen LogP contribution in [0, 0.1) is 17.3 Å². The molecule has 3 unspecified atom stereocenters. The first-order valence-electron chi connectivity index (χ1n) is 6.89. The van der Waals surface area contributed by atoms with E-state index < -0.39 is 0 Å². The molecule has 94 valence electrons. The number of hydrogen-bond acceptors (Lipinski definition) is 2. The predicted molar refractivity (Wildman–Crippen MR) is 67.3 cm³/mol.